The molecule has 4 rings (SSSR count). The van der Waals surface area contributed by atoms with E-state index in [2.05, 4.69) is 20.8 Å². The van der Waals surface area contributed by atoms with Gasteiger partial charge in [0, 0.05) is 0 Å². The Balaban J connectivity index is 1.55. The third kappa shape index (κ3) is 2.74. The molecule has 0 atom stereocenters. The molecular formula is C22H21NO4. The molecule has 2 aromatic carbocycles. The number of amides is 2. The number of imide groups is 1. The average molecular weight is 363 g/mol. The van der Waals surface area contributed by atoms with Gasteiger partial charge < -0.3 is 4.84 Å². The summed E-state index contributed by atoms with van der Waals surface area (Å²) in [4.78, 5) is 43.0. The number of hydroxylamine groups is 2. The maximum absolute atomic E-state index is 12.8. The van der Waals surface area contributed by atoms with Crippen LogP contribution in [0.5, 0.6) is 0 Å². The van der Waals surface area contributed by atoms with Gasteiger partial charge in [0.2, 0.25) is 0 Å². The zero-order valence-electron chi connectivity index (χ0n) is 15.6. The van der Waals surface area contributed by atoms with Crippen molar-refractivity contribution in [1.82, 2.24) is 5.06 Å². The van der Waals surface area contributed by atoms with Crippen LogP contribution in [0.15, 0.2) is 48.5 Å². The van der Waals surface area contributed by atoms with Crippen LogP contribution in [0.2, 0.25) is 0 Å². The lowest BCUT2D eigenvalue weighted by atomic mass is 9.85. The molecule has 0 saturated heterocycles. The average Bonchev–Trinajstić information content (AvgIpc) is 3.42. The number of nitrogens with zero attached hydrogens (tertiary/aromatic N) is 1. The summed E-state index contributed by atoms with van der Waals surface area (Å²) in [6, 6.07) is 14.4. The van der Waals surface area contributed by atoms with E-state index in [1.165, 1.54) is 5.56 Å². The Morgan fingerprint density at radius 1 is 0.926 bits per heavy atom. The van der Waals surface area contributed by atoms with Crippen LogP contribution in [0.3, 0.4) is 0 Å². The number of rotatable bonds is 3. The summed E-state index contributed by atoms with van der Waals surface area (Å²) in [5.41, 5.74) is 1.80. The van der Waals surface area contributed by atoms with Crippen LogP contribution < -0.4 is 0 Å². The number of hydrogen-bond acceptors (Lipinski definition) is 4. The van der Waals surface area contributed by atoms with Crippen molar-refractivity contribution in [3.8, 4) is 0 Å². The van der Waals surface area contributed by atoms with Crippen molar-refractivity contribution in [2.24, 2.45) is 0 Å². The molecule has 2 aliphatic rings. The lowest BCUT2D eigenvalue weighted by Crippen LogP contribution is -2.37. The fourth-order valence-electron chi connectivity index (χ4n) is 3.45. The van der Waals surface area contributed by atoms with Gasteiger partial charge in [0.1, 0.15) is 0 Å². The minimum absolute atomic E-state index is 0.0237. The first-order valence-electron chi connectivity index (χ1n) is 9.05. The highest BCUT2D eigenvalue weighted by Gasteiger charge is 2.55. The SMILES string of the molecule is CC(C)(C)c1ccc(C2(C(=O)ON3C(=O)c4ccccc4C3=O)CC2)cc1. The normalized spacial score (nSPS) is 17.7. The smallest absolute Gasteiger partial charge is 0.329 e. The molecule has 138 valence electrons. The molecule has 1 aliphatic carbocycles. The summed E-state index contributed by atoms with van der Waals surface area (Å²) in [6.07, 6.45) is 1.29. The largest absolute Gasteiger partial charge is 0.343 e. The van der Waals surface area contributed by atoms with Crippen molar-refractivity contribution in [3.63, 3.8) is 0 Å². The molecule has 2 amide bonds. The highest BCUT2D eigenvalue weighted by atomic mass is 16.7. The van der Waals surface area contributed by atoms with Gasteiger partial charge in [-0.1, -0.05) is 62.2 Å². The number of benzene rings is 2. The van der Waals surface area contributed by atoms with Crippen molar-refractivity contribution in [2.75, 3.05) is 0 Å². The minimum atomic E-state index is -0.772. The molecule has 5 heteroatoms. The fraction of sp³-hybridized carbons (Fsp3) is 0.318. The maximum Gasteiger partial charge on any atom is 0.343 e. The molecule has 0 aromatic heterocycles. The summed E-state index contributed by atoms with van der Waals surface area (Å²) >= 11 is 0. The van der Waals surface area contributed by atoms with Gasteiger partial charge in [-0.2, -0.15) is 0 Å². The van der Waals surface area contributed by atoms with E-state index in [9.17, 15) is 14.4 Å². The molecule has 27 heavy (non-hydrogen) atoms. The van der Waals surface area contributed by atoms with E-state index >= 15 is 0 Å². The van der Waals surface area contributed by atoms with Gasteiger partial charge in [-0.15, -0.1) is 0 Å². The molecule has 1 saturated carbocycles. The molecule has 1 heterocycles. The summed E-state index contributed by atoms with van der Waals surface area (Å²) in [7, 11) is 0. The molecule has 1 aliphatic heterocycles. The Hall–Kier alpha value is -2.95. The standard InChI is InChI=1S/C22H21NO4/c1-21(2,3)14-8-10-15(11-9-14)22(12-13-22)20(26)27-23-18(24)16-6-4-5-7-17(16)19(23)25/h4-11H,12-13H2,1-3H3. The number of hydrogen-bond donors (Lipinski definition) is 0. The van der Waals surface area contributed by atoms with Crippen LogP contribution in [-0.4, -0.2) is 22.8 Å². The summed E-state index contributed by atoms with van der Waals surface area (Å²) in [6.45, 7) is 6.39. The second-order valence-electron chi connectivity index (χ2n) is 8.24. The van der Waals surface area contributed by atoms with E-state index in [4.69, 9.17) is 4.84 Å². The quantitative estimate of drug-likeness (QED) is 0.779. The Morgan fingerprint density at radius 2 is 1.44 bits per heavy atom. The first-order chi connectivity index (χ1) is 12.7. The van der Waals surface area contributed by atoms with Crippen molar-refractivity contribution in [3.05, 3.63) is 70.8 Å². The number of carbonyl (C=O) groups is 3. The highest BCUT2D eigenvalue weighted by molar-refractivity contribution is 6.21. The molecule has 1 fully saturated rings. The van der Waals surface area contributed by atoms with Crippen molar-refractivity contribution < 1.29 is 19.2 Å². The van der Waals surface area contributed by atoms with E-state index in [-0.39, 0.29) is 16.5 Å². The van der Waals surface area contributed by atoms with E-state index in [1.54, 1.807) is 24.3 Å². The summed E-state index contributed by atoms with van der Waals surface area (Å²) in [5.74, 6) is -1.74. The predicted octanol–water partition coefficient (Wildman–Crippen LogP) is 3.77. The molecule has 2 aromatic rings. The molecule has 0 N–H and O–H groups in total. The van der Waals surface area contributed by atoms with Crippen LogP contribution in [-0.2, 0) is 20.5 Å². The first kappa shape index (κ1) is 17.5. The van der Waals surface area contributed by atoms with Crippen molar-refractivity contribution in [2.45, 2.75) is 44.4 Å². The van der Waals surface area contributed by atoms with Gasteiger partial charge in [-0.3, -0.25) is 9.59 Å². The summed E-state index contributed by atoms with van der Waals surface area (Å²) < 4.78 is 0. The topological polar surface area (TPSA) is 63.7 Å². The maximum atomic E-state index is 12.8. The van der Waals surface area contributed by atoms with Gasteiger partial charge >= 0.3 is 5.97 Å². The van der Waals surface area contributed by atoms with Crippen LogP contribution in [0.1, 0.15) is 65.5 Å². The van der Waals surface area contributed by atoms with Gasteiger partial charge in [-0.05, 0) is 41.5 Å². The first-order valence-corrected chi connectivity index (χ1v) is 9.05. The van der Waals surface area contributed by atoms with Crippen molar-refractivity contribution in [1.29, 1.82) is 0 Å². The van der Waals surface area contributed by atoms with Crippen molar-refractivity contribution >= 4 is 17.8 Å². The van der Waals surface area contributed by atoms with Crippen LogP contribution in [0.25, 0.3) is 0 Å². The lowest BCUT2D eigenvalue weighted by Gasteiger charge is -2.21. The van der Waals surface area contributed by atoms with E-state index in [1.807, 2.05) is 24.3 Å². The van der Waals surface area contributed by atoms with Gasteiger partial charge in [0.15, 0.2) is 0 Å². The highest BCUT2D eigenvalue weighted by Crippen LogP contribution is 2.49. The predicted molar refractivity (Wildman–Crippen MR) is 99.1 cm³/mol. The molecular weight excluding hydrogens is 342 g/mol. The third-order valence-corrected chi connectivity index (χ3v) is 5.38. The van der Waals surface area contributed by atoms with Crippen LogP contribution in [0.4, 0.5) is 0 Å². The second-order valence-corrected chi connectivity index (χ2v) is 8.24. The van der Waals surface area contributed by atoms with Gasteiger partial charge in [0.05, 0.1) is 16.5 Å². The van der Waals surface area contributed by atoms with E-state index < -0.39 is 23.2 Å². The van der Waals surface area contributed by atoms with Crippen LogP contribution in [0, 0.1) is 0 Å². The molecule has 5 nitrogen and oxygen atoms in total. The Bertz CT molecular complexity index is 914. The minimum Gasteiger partial charge on any atom is -0.329 e. The number of carbonyl (C=O) groups excluding carboxylic acids is 3. The fourth-order valence-corrected chi connectivity index (χ4v) is 3.45. The lowest BCUT2D eigenvalue weighted by molar-refractivity contribution is -0.171. The van der Waals surface area contributed by atoms with Crippen LogP contribution >= 0.6 is 0 Å². The van der Waals surface area contributed by atoms with Gasteiger partial charge in [-0.25, -0.2) is 4.79 Å². The molecule has 0 radical (unpaired) electrons. The zero-order valence-corrected chi connectivity index (χ0v) is 15.6. The Labute approximate surface area is 157 Å². The van der Waals surface area contributed by atoms with Gasteiger partial charge in [0.25, 0.3) is 11.8 Å². The number of fused-ring (bicyclic) bond motifs is 1. The molecule has 0 bridgehead atoms. The Morgan fingerprint density at radius 3 is 1.89 bits per heavy atom. The monoisotopic (exact) mass is 363 g/mol. The molecule has 0 spiro atoms. The van der Waals surface area contributed by atoms with E-state index in [0.717, 1.165) is 5.56 Å². The Kier molecular flexibility index (Phi) is 3.74. The third-order valence-electron chi connectivity index (χ3n) is 5.38. The van der Waals surface area contributed by atoms with E-state index in [0.29, 0.717) is 17.9 Å². The summed E-state index contributed by atoms with van der Waals surface area (Å²) in [5, 5.41) is 0.594. The second kappa shape index (κ2) is 5.78. The zero-order chi connectivity index (χ0) is 19.4. The molecule has 0 unspecified atom stereocenters.